The summed E-state index contributed by atoms with van der Waals surface area (Å²) in [5.74, 6) is -1.23. The number of nitrogens with one attached hydrogen (secondary N) is 2. The number of carbonyl (C=O) groups excluding carboxylic acids is 3. The maximum absolute atomic E-state index is 11.9. The molecule has 28 heavy (non-hydrogen) atoms. The van der Waals surface area contributed by atoms with Gasteiger partial charge in [-0.2, -0.15) is 0 Å². The maximum atomic E-state index is 11.9. The largest absolute Gasteiger partial charge is 0.456 e. The first-order valence-corrected chi connectivity index (χ1v) is 9.37. The molecule has 2 rings (SSSR count). The number of esters is 1. The highest BCUT2D eigenvalue weighted by Gasteiger charge is 2.10. The van der Waals surface area contributed by atoms with Crippen LogP contribution in [0, 0.1) is 6.92 Å². The molecule has 0 heterocycles. The van der Waals surface area contributed by atoms with Crippen molar-refractivity contribution in [1.82, 2.24) is 0 Å². The number of benzene rings is 2. The highest BCUT2D eigenvalue weighted by Crippen LogP contribution is 2.24. The zero-order valence-electron chi connectivity index (χ0n) is 15.3. The van der Waals surface area contributed by atoms with Gasteiger partial charge in [0.05, 0.1) is 10.0 Å². The first kappa shape index (κ1) is 21.7. The summed E-state index contributed by atoms with van der Waals surface area (Å²) in [5, 5.41) is 6.02. The van der Waals surface area contributed by atoms with Crippen LogP contribution < -0.4 is 10.6 Å². The Morgan fingerprint density at radius 1 is 0.929 bits per heavy atom. The first-order valence-electron chi connectivity index (χ1n) is 8.61. The highest BCUT2D eigenvalue weighted by molar-refractivity contribution is 6.42. The Morgan fingerprint density at radius 3 is 2.39 bits per heavy atom. The number of para-hydroxylation sites is 1. The van der Waals surface area contributed by atoms with Crippen molar-refractivity contribution in [3.8, 4) is 0 Å². The molecule has 0 saturated carbocycles. The van der Waals surface area contributed by atoms with Crippen molar-refractivity contribution in [2.45, 2.75) is 26.2 Å². The minimum atomic E-state index is -0.548. The zero-order valence-corrected chi connectivity index (χ0v) is 16.8. The van der Waals surface area contributed by atoms with Crippen molar-refractivity contribution in [1.29, 1.82) is 0 Å². The molecule has 0 aliphatic heterocycles. The van der Waals surface area contributed by atoms with E-state index in [0.29, 0.717) is 22.2 Å². The number of halogens is 2. The molecule has 148 valence electrons. The number of ether oxygens (including phenoxy) is 1. The third kappa shape index (κ3) is 7.21. The number of carbonyl (C=O) groups is 3. The number of hydrogen-bond acceptors (Lipinski definition) is 4. The minimum Gasteiger partial charge on any atom is -0.456 e. The highest BCUT2D eigenvalue weighted by atomic mass is 35.5. The molecule has 0 bridgehead atoms. The molecule has 0 fully saturated rings. The van der Waals surface area contributed by atoms with E-state index in [4.69, 9.17) is 27.9 Å². The normalized spacial score (nSPS) is 10.2. The summed E-state index contributed by atoms with van der Waals surface area (Å²) in [4.78, 5) is 35.4. The van der Waals surface area contributed by atoms with Gasteiger partial charge in [0.25, 0.3) is 5.91 Å². The molecule has 0 aliphatic rings. The lowest BCUT2D eigenvalue weighted by Gasteiger charge is -2.08. The second-order valence-corrected chi connectivity index (χ2v) is 6.87. The fraction of sp³-hybridized carbons (Fsp3) is 0.250. The van der Waals surface area contributed by atoms with Crippen LogP contribution in [0.4, 0.5) is 11.4 Å². The lowest BCUT2D eigenvalue weighted by atomic mass is 10.2. The average Bonchev–Trinajstić information content (AvgIpc) is 2.65. The Bertz CT molecular complexity index is 871. The number of aryl methyl sites for hydroxylation is 1. The van der Waals surface area contributed by atoms with Crippen LogP contribution in [0.15, 0.2) is 42.5 Å². The quantitative estimate of drug-likeness (QED) is 0.609. The van der Waals surface area contributed by atoms with Crippen LogP contribution in [0.5, 0.6) is 0 Å². The SMILES string of the molecule is Cc1ccccc1NC(=O)CCCC(=O)OCC(=O)Nc1ccc(Cl)c(Cl)c1. The zero-order chi connectivity index (χ0) is 20.5. The fourth-order valence-electron chi connectivity index (χ4n) is 2.31. The average molecular weight is 423 g/mol. The molecular weight excluding hydrogens is 403 g/mol. The van der Waals surface area contributed by atoms with Gasteiger partial charge in [0.1, 0.15) is 0 Å². The van der Waals surface area contributed by atoms with Crippen LogP contribution in [0.2, 0.25) is 10.0 Å². The Balaban J connectivity index is 1.65. The van der Waals surface area contributed by atoms with E-state index in [1.165, 1.54) is 6.07 Å². The van der Waals surface area contributed by atoms with Gasteiger partial charge < -0.3 is 15.4 Å². The molecule has 0 aromatic heterocycles. The van der Waals surface area contributed by atoms with Crippen LogP contribution in [-0.4, -0.2) is 24.4 Å². The predicted octanol–water partition coefficient (Wildman–Crippen LogP) is 4.59. The maximum Gasteiger partial charge on any atom is 0.306 e. The second kappa shape index (κ2) is 10.7. The first-order chi connectivity index (χ1) is 13.3. The second-order valence-electron chi connectivity index (χ2n) is 6.05. The van der Waals surface area contributed by atoms with Crippen molar-refractivity contribution < 1.29 is 19.1 Å². The molecule has 0 atom stereocenters. The third-order valence-electron chi connectivity index (χ3n) is 3.77. The number of rotatable bonds is 8. The van der Waals surface area contributed by atoms with Gasteiger partial charge in [-0.05, 0) is 43.2 Å². The van der Waals surface area contributed by atoms with E-state index in [0.717, 1.165) is 11.3 Å². The molecular formula is C20H20Cl2N2O4. The van der Waals surface area contributed by atoms with Crippen LogP contribution in [-0.2, 0) is 19.1 Å². The van der Waals surface area contributed by atoms with Crippen LogP contribution in [0.25, 0.3) is 0 Å². The Kier molecular flexibility index (Phi) is 8.29. The summed E-state index contributed by atoms with van der Waals surface area (Å²) in [6.45, 7) is 1.48. The number of hydrogen-bond donors (Lipinski definition) is 2. The molecule has 0 saturated heterocycles. The molecule has 2 N–H and O–H groups in total. The smallest absolute Gasteiger partial charge is 0.306 e. The van der Waals surface area contributed by atoms with Crippen molar-refractivity contribution >= 4 is 52.4 Å². The molecule has 8 heteroatoms. The molecule has 2 aromatic carbocycles. The van der Waals surface area contributed by atoms with Gasteiger partial charge in [0.2, 0.25) is 5.91 Å². The van der Waals surface area contributed by atoms with Gasteiger partial charge in [0, 0.05) is 24.2 Å². The van der Waals surface area contributed by atoms with Gasteiger partial charge in [-0.25, -0.2) is 0 Å². The molecule has 2 aromatic rings. The fourth-order valence-corrected chi connectivity index (χ4v) is 2.61. The summed E-state index contributed by atoms with van der Waals surface area (Å²) in [5.41, 5.74) is 2.15. The summed E-state index contributed by atoms with van der Waals surface area (Å²) >= 11 is 11.7. The van der Waals surface area contributed by atoms with Crippen molar-refractivity contribution in [3.05, 3.63) is 58.1 Å². The predicted molar refractivity (Wildman–Crippen MR) is 110 cm³/mol. The molecule has 6 nitrogen and oxygen atoms in total. The van der Waals surface area contributed by atoms with Gasteiger partial charge in [-0.15, -0.1) is 0 Å². The van der Waals surface area contributed by atoms with Gasteiger partial charge in [0.15, 0.2) is 6.61 Å². The summed E-state index contributed by atoms with van der Waals surface area (Å²) in [7, 11) is 0. The van der Waals surface area contributed by atoms with Crippen LogP contribution in [0.3, 0.4) is 0 Å². The van der Waals surface area contributed by atoms with Gasteiger partial charge in [-0.1, -0.05) is 41.4 Å². The Morgan fingerprint density at radius 2 is 1.68 bits per heavy atom. The number of anilines is 2. The van der Waals surface area contributed by atoms with Crippen molar-refractivity contribution in [2.75, 3.05) is 17.2 Å². The summed E-state index contributed by atoms with van der Waals surface area (Å²) < 4.78 is 4.91. The molecule has 2 amide bonds. The van der Waals surface area contributed by atoms with Crippen LogP contribution in [0.1, 0.15) is 24.8 Å². The van der Waals surface area contributed by atoms with Crippen LogP contribution >= 0.6 is 23.2 Å². The summed E-state index contributed by atoms with van der Waals surface area (Å²) in [6.07, 6.45) is 0.547. The van der Waals surface area contributed by atoms with E-state index >= 15 is 0 Å². The monoisotopic (exact) mass is 422 g/mol. The summed E-state index contributed by atoms with van der Waals surface area (Å²) in [6, 6.07) is 12.1. The van der Waals surface area contributed by atoms with E-state index in [-0.39, 0.29) is 18.7 Å². The minimum absolute atomic E-state index is 0.0429. The third-order valence-corrected chi connectivity index (χ3v) is 4.51. The van der Waals surface area contributed by atoms with Crippen molar-refractivity contribution in [2.24, 2.45) is 0 Å². The molecule has 0 unspecified atom stereocenters. The molecule has 0 aliphatic carbocycles. The lowest BCUT2D eigenvalue weighted by Crippen LogP contribution is -2.21. The van der Waals surface area contributed by atoms with Gasteiger partial charge >= 0.3 is 5.97 Å². The van der Waals surface area contributed by atoms with E-state index in [9.17, 15) is 14.4 Å². The van der Waals surface area contributed by atoms with E-state index < -0.39 is 18.5 Å². The Hall–Kier alpha value is -2.57. The van der Waals surface area contributed by atoms with Gasteiger partial charge in [-0.3, -0.25) is 14.4 Å². The van der Waals surface area contributed by atoms with E-state index in [1.807, 2.05) is 31.2 Å². The topological polar surface area (TPSA) is 84.5 Å². The van der Waals surface area contributed by atoms with Crippen molar-refractivity contribution in [3.63, 3.8) is 0 Å². The Labute approximate surface area is 173 Å². The van der Waals surface area contributed by atoms with E-state index in [1.54, 1.807) is 12.1 Å². The number of amides is 2. The van der Waals surface area contributed by atoms with E-state index in [2.05, 4.69) is 10.6 Å². The molecule has 0 spiro atoms. The lowest BCUT2D eigenvalue weighted by molar-refractivity contribution is -0.147. The standard InChI is InChI=1S/C20H20Cl2N2O4/c1-13-5-2-3-6-17(13)24-18(25)7-4-8-20(27)28-12-19(26)23-14-9-10-15(21)16(22)11-14/h2-3,5-6,9-11H,4,7-8,12H2,1H3,(H,23,26)(H,24,25). The molecule has 0 radical (unpaired) electrons.